The van der Waals surface area contributed by atoms with Crippen LogP contribution in [0.1, 0.15) is 52.9 Å². The molecule has 0 nitrogen and oxygen atoms in total. The van der Waals surface area contributed by atoms with Crippen LogP contribution < -0.4 is 0 Å². The standard InChI is InChI=1S/C5H11Cl.C5H10/c1-2-3-4-5-6;1-5(2)3-4-5/h2-5H2,1H3;3-4H2,1-2H3. The van der Waals surface area contributed by atoms with Gasteiger partial charge in [-0.25, -0.2) is 0 Å². The van der Waals surface area contributed by atoms with E-state index in [0.717, 1.165) is 11.3 Å². The first-order valence-corrected chi connectivity index (χ1v) is 5.22. The Morgan fingerprint density at radius 1 is 1.18 bits per heavy atom. The summed E-state index contributed by atoms with van der Waals surface area (Å²) < 4.78 is 0. The van der Waals surface area contributed by atoms with E-state index < -0.39 is 0 Å². The Morgan fingerprint density at radius 3 is 1.73 bits per heavy atom. The molecule has 0 aromatic rings. The first kappa shape index (κ1) is 11.3. The summed E-state index contributed by atoms with van der Waals surface area (Å²) in [6.07, 6.45) is 6.63. The third-order valence-electron chi connectivity index (χ3n) is 1.99. The van der Waals surface area contributed by atoms with Crippen molar-refractivity contribution in [2.24, 2.45) is 5.41 Å². The van der Waals surface area contributed by atoms with Gasteiger partial charge >= 0.3 is 0 Å². The first-order valence-electron chi connectivity index (χ1n) is 4.68. The van der Waals surface area contributed by atoms with Crippen molar-refractivity contribution in [3.05, 3.63) is 0 Å². The van der Waals surface area contributed by atoms with Crippen molar-refractivity contribution in [1.82, 2.24) is 0 Å². The summed E-state index contributed by atoms with van der Waals surface area (Å²) >= 11 is 5.38. The van der Waals surface area contributed by atoms with Crippen molar-refractivity contribution in [3.63, 3.8) is 0 Å². The van der Waals surface area contributed by atoms with Crippen LogP contribution in [0.5, 0.6) is 0 Å². The van der Waals surface area contributed by atoms with Crippen molar-refractivity contribution in [3.8, 4) is 0 Å². The normalized spacial score (nSPS) is 18.5. The minimum absolute atomic E-state index is 0.750. The van der Waals surface area contributed by atoms with E-state index in [0.29, 0.717) is 0 Å². The fraction of sp³-hybridized carbons (Fsp3) is 1.00. The van der Waals surface area contributed by atoms with Crippen LogP contribution in [0.25, 0.3) is 0 Å². The van der Waals surface area contributed by atoms with Gasteiger partial charge in [-0.3, -0.25) is 0 Å². The highest BCUT2D eigenvalue weighted by Gasteiger charge is 2.30. The van der Waals surface area contributed by atoms with Gasteiger partial charge in [0.25, 0.3) is 0 Å². The molecule has 1 fully saturated rings. The molecule has 11 heavy (non-hydrogen) atoms. The second-order valence-corrected chi connectivity index (χ2v) is 4.44. The molecule has 0 saturated heterocycles. The molecule has 0 atom stereocenters. The Hall–Kier alpha value is 0.290. The molecule has 0 aliphatic heterocycles. The van der Waals surface area contributed by atoms with E-state index in [1.165, 1.54) is 32.1 Å². The van der Waals surface area contributed by atoms with Crippen molar-refractivity contribution in [1.29, 1.82) is 0 Å². The highest BCUT2D eigenvalue weighted by molar-refractivity contribution is 6.17. The summed E-state index contributed by atoms with van der Waals surface area (Å²) in [5, 5.41) is 0. The smallest absolute Gasteiger partial charge is 0.0223 e. The SMILES string of the molecule is CC1(C)CC1.CCCCCCl. The number of alkyl halides is 1. The molecule has 68 valence electrons. The Bertz CT molecular complexity index is 76.9. The Balaban J connectivity index is 0.000000183. The maximum absolute atomic E-state index is 5.38. The number of rotatable bonds is 3. The lowest BCUT2D eigenvalue weighted by molar-refractivity contribution is 0.653. The number of halogens is 1. The summed E-state index contributed by atoms with van der Waals surface area (Å²) in [6.45, 7) is 6.77. The van der Waals surface area contributed by atoms with Crippen LogP contribution in [0.2, 0.25) is 0 Å². The summed E-state index contributed by atoms with van der Waals surface area (Å²) in [4.78, 5) is 0. The first-order chi connectivity index (χ1) is 5.12. The second kappa shape index (κ2) is 5.88. The lowest BCUT2D eigenvalue weighted by Gasteiger charge is -1.86. The van der Waals surface area contributed by atoms with Gasteiger partial charge in [0.15, 0.2) is 0 Å². The fourth-order valence-electron chi connectivity index (χ4n) is 0.594. The quantitative estimate of drug-likeness (QED) is 0.446. The van der Waals surface area contributed by atoms with Gasteiger partial charge in [-0.15, -0.1) is 11.6 Å². The largest absolute Gasteiger partial charge is 0.127 e. The molecule has 0 aromatic carbocycles. The molecular weight excluding hydrogens is 156 g/mol. The highest BCUT2D eigenvalue weighted by Crippen LogP contribution is 2.43. The van der Waals surface area contributed by atoms with E-state index in [-0.39, 0.29) is 0 Å². The second-order valence-electron chi connectivity index (χ2n) is 4.06. The zero-order valence-corrected chi connectivity index (χ0v) is 8.88. The summed E-state index contributed by atoms with van der Waals surface area (Å²) in [7, 11) is 0. The fourth-order valence-corrected chi connectivity index (χ4v) is 0.783. The van der Waals surface area contributed by atoms with Gasteiger partial charge in [0.05, 0.1) is 0 Å². The van der Waals surface area contributed by atoms with Gasteiger partial charge in [-0.2, -0.15) is 0 Å². The minimum Gasteiger partial charge on any atom is -0.127 e. The summed E-state index contributed by atoms with van der Waals surface area (Å²) in [6, 6.07) is 0. The van der Waals surface area contributed by atoms with Gasteiger partial charge in [-0.05, 0) is 24.7 Å². The zero-order valence-electron chi connectivity index (χ0n) is 8.12. The van der Waals surface area contributed by atoms with Crippen LogP contribution in [0.4, 0.5) is 0 Å². The van der Waals surface area contributed by atoms with Crippen LogP contribution >= 0.6 is 11.6 Å². The molecule has 0 bridgehead atoms. The van der Waals surface area contributed by atoms with Gasteiger partial charge < -0.3 is 0 Å². The van der Waals surface area contributed by atoms with Gasteiger partial charge in [0.2, 0.25) is 0 Å². The summed E-state index contributed by atoms with van der Waals surface area (Å²) in [5.41, 5.74) is 0.750. The van der Waals surface area contributed by atoms with Crippen LogP contribution in [-0.4, -0.2) is 5.88 Å². The zero-order chi connectivity index (χ0) is 8.74. The predicted octanol–water partition coefficient (Wildman–Crippen LogP) is 4.22. The van der Waals surface area contributed by atoms with Crippen molar-refractivity contribution in [2.45, 2.75) is 52.9 Å². The maximum Gasteiger partial charge on any atom is 0.0223 e. The third-order valence-corrected chi connectivity index (χ3v) is 2.25. The van der Waals surface area contributed by atoms with Crippen LogP contribution in [0.15, 0.2) is 0 Å². The van der Waals surface area contributed by atoms with Crippen LogP contribution in [-0.2, 0) is 0 Å². The molecule has 0 N–H and O–H groups in total. The molecule has 0 aromatic heterocycles. The lowest BCUT2D eigenvalue weighted by Crippen LogP contribution is -1.75. The number of unbranched alkanes of at least 4 members (excludes halogenated alkanes) is 2. The van der Waals surface area contributed by atoms with E-state index in [2.05, 4.69) is 20.8 Å². The molecule has 0 spiro atoms. The van der Waals surface area contributed by atoms with Crippen LogP contribution in [0.3, 0.4) is 0 Å². The van der Waals surface area contributed by atoms with Gasteiger partial charge in [0, 0.05) is 5.88 Å². The molecule has 0 radical (unpaired) electrons. The minimum atomic E-state index is 0.750. The average molecular weight is 177 g/mol. The van der Waals surface area contributed by atoms with E-state index in [1.807, 2.05) is 0 Å². The average Bonchev–Trinajstić information content (AvgIpc) is 2.63. The molecule has 1 saturated carbocycles. The molecule has 1 aliphatic carbocycles. The number of hydrogen-bond donors (Lipinski definition) is 0. The highest BCUT2D eigenvalue weighted by atomic mass is 35.5. The van der Waals surface area contributed by atoms with E-state index >= 15 is 0 Å². The van der Waals surface area contributed by atoms with Crippen LogP contribution in [0, 0.1) is 5.41 Å². The van der Waals surface area contributed by atoms with Gasteiger partial charge in [-0.1, -0.05) is 33.6 Å². The molecule has 1 aliphatic rings. The monoisotopic (exact) mass is 176 g/mol. The predicted molar refractivity (Wildman–Crippen MR) is 53.3 cm³/mol. The maximum atomic E-state index is 5.38. The topological polar surface area (TPSA) is 0 Å². The van der Waals surface area contributed by atoms with Crippen molar-refractivity contribution in [2.75, 3.05) is 5.88 Å². The summed E-state index contributed by atoms with van der Waals surface area (Å²) in [5.74, 6) is 0.827. The molecule has 1 rings (SSSR count). The molecule has 1 heteroatoms. The van der Waals surface area contributed by atoms with E-state index in [9.17, 15) is 0 Å². The molecule has 0 heterocycles. The van der Waals surface area contributed by atoms with Gasteiger partial charge in [0.1, 0.15) is 0 Å². The van der Waals surface area contributed by atoms with Crippen molar-refractivity contribution < 1.29 is 0 Å². The molecule has 0 amide bonds. The molecular formula is C10H21Cl. The number of hydrogen-bond acceptors (Lipinski definition) is 0. The Morgan fingerprint density at radius 2 is 1.64 bits per heavy atom. The van der Waals surface area contributed by atoms with E-state index in [1.54, 1.807) is 0 Å². The Labute approximate surface area is 76.3 Å². The third kappa shape index (κ3) is 10.3. The van der Waals surface area contributed by atoms with E-state index in [4.69, 9.17) is 11.6 Å². The Kier molecular flexibility index (Phi) is 6.03. The lowest BCUT2D eigenvalue weighted by atomic mass is 10.2. The molecule has 0 unspecified atom stereocenters. The van der Waals surface area contributed by atoms with Crippen molar-refractivity contribution >= 4 is 11.6 Å².